The number of anilines is 2. The van der Waals surface area contributed by atoms with Gasteiger partial charge in [0, 0.05) is 81.3 Å². The number of aromatic nitrogens is 3. The molecule has 0 saturated carbocycles. The number of hydrazine groups is 1. The number of likely N-dealkylation sites (tertiary alicyclic amines) is 1. The molecule has 0 bridgehead atoms. The second-order valence-electron chi connectivity index (χ2n) is 15.1. The highest BCUT2D eigenvalue weighted by atomic mass is 16.2. The molecule has 3 N–H and O–H groups in total. The molecule has 288 valence electrons. The van der Waals surface area contributed by atoms with Gasteiger partial charge in [-0.1, -0.05) is 6.07 Å². The van der Waals surface area contributed by atoms with Crippen LogP contribution in [0.1, 0.15) is 82.6 Å². The minimum Gasteiger partial charge on any atom is -0.382 e. The third kappa shape index (κ3) is 7.01. The van der Waals surface area contributed by atoms with Crippen LogP contribution in [0.3, 0.4) is 0 Å². The van der Waals surface area contributed by atoms with Crippen LogP contribution in [-0.4, -0.2) is 110 Å². The summed E-state index contributed by atoms with van der Waals surface area (Å²) in [5, 5.41) is 20.8. The van der Waals surface area contributed by atoms with Gasteiger partial charge in [0.05, 0.1) is 40.2 Å². The Balaban J connectivity index is 0.849. The minimum absolute atomic E-state index is 0.00883. The van der Waals surface area contributed by atoms with Gasteiger partial charge in [-0.3, -0.25) is 29.1 Å². The van der Waals surface area contributed by atoms with Crippen LogP contribution in [0.2, 0.25) is 0 Å². The molecule has 56 heavy (non-hydrogen) atoms. The Bertz CT molecular complexity index is 2280. The van der Waals surface area contributed by atoms with E-state index in [9.17, 15) is 29.2 Å². The molecule has 0 atom stereocenters. The van der Waals surface area contributed by atoms with Gasteiger partial charge in [-0.25, -0.2) is 19.8 Å². The van der Waals surface area contributed by atoms with E-state index < -0.39 is 23.8 Å². The number of urea groups is 1. The van der Waals surface area contributed by atoms with Crippen LogP contribution >= 0.6 is 0 Å². The number of imide groups is 2. The number of carbonyl (C=O) groups excluding carboxylic acids is 5. The lowest BCUT2D eigenvalue weighted by Crippen LogP contribution is -2.58. The average Bonchev–Trinajstić information content (AvgIpc) is 3.73. The van der Waals surface area contributed by atoms with Crippen molar-refractivity contribution in [3.05, 3.63) is 77.2 Å². The molecule has 4 aliphatic rings. The molecule has 7 heterocycles. The standard InChI is InChI=1S/C40H43N11O5/c1-24(2)44-31-19-33(49-16-8-27-18-26(20-41)21-43-36(27)49)42-22-30(31)37(53)45-28-9-12-47(13-10-28)23-25-6-14-48(15-7-25)32-5-3-4-29-35(32)39(55)51(38(29)54)50-17-11-34(52)46-40(50)56/h3-5,8,16,18-19,21-22,24-25,28H,6-7,9-15,17,23H2,1-2H3,(H,42,44)(H,45,53)(H,46,52,56). The van der Waals surface area contributed by atoms with Crippen LogP contribution in [0.25, 0.3) is 16.9 Å². The van der Waals surface area contributed by atoms with Crippen LogP contribution in [-0.2, 0) is 4.79 Å². The highest BCUT2D eigenvalue weighted by Gasteiger charge is 2.45. The molecule has 1 aromatic carbocycles. The topological polar surface area (TPSA) is 189 Å². The number of hydrogen-bond donors (Lipinski definition) is 3. The van der Waals surface area contributed by atoms with Gasteiger partial charge in [-0.15, -0.1) is 0 Å². The lowest BCUT2D eigenvalue weighted by atomic mass is 9.93. The van der Waals surface area contributed by atoms with E-state index in [4.69, 9.17) is 0 Å². The van der Waals surface area contributed by atoms with E-state index in [1.165, 1.54) is 6.20 Å². The van der Waals surface area contributed by atoms with Crippen molar-refractivity contribution in [1.82, 2.24) is 40.1 Å². The van der Waals surface area contributed by atoms with E-state index >= 15 is 0 Å². The first-order valence-electron chi connectivity index (χ1n) is 19.1. The molecular weight excluding hydrogens is 715 g/mol. The fourth-order valence-corrected chi connectivity index (χ4v) is 8.19. The van der Waals surface area contributed by atoms with Crippen LogP contribution in [0.5, 0.6) is 0 Å². The molecule has 4 aromatic rings. The van der Waals surface area contributed by atoms with Crippen LogP contribution in [0.15, 0.2) is 55.0 Å². The predicted molar refractivity (Wildman–Crippen MR) is 206 cm³/mol. The Morgan fingerprint density at radius 3 is 2.48 bits per heavy atom. The molecule has 8 rings (SSSR count). The summed E-state index contributed by atoms with van der Waals surface area (Å²) in [5.74, 6) is -0.647. The zero-order valence-corrected chi connectivity index (χ0v) is 31.3. The second kappa shape index (κ2) is 15.1. The van der Waals surface area contributed by atoms with Crippen molar-refractivity contribution in [2.24, 2.45) is 5.92 Å². The third-order valence-electron chi connectivity index (χ3n) is 11.0. The lowest BCUT2D eigenvalue weighted by Gasteiger charge is -2.39. The normalized spacial score (nSPS) is 18.4. The first-order valence-corrected chi connectivity index (χ1v) is 19.1. The monoisotopic (exact) mass is 757 g/mol. The first-order chi connectivity index (χ1) is 27.1. The molecular formula is C40H43N11O5. The Morgan fingerprint density at radius 2 is 1.75 bits per heavy atom. The number of benzene rings is 1. The third-order valence-corrected chi connectivity index (χ3v) is 11.0. The largest absolute Gasteiger partial charge is 0.382 e. The van der Waals surface area contributed by atoms with Gasteiger partial charge >= 0.3 is 6.03 Å². The summed E-state index contributed by atoms with van der Waals surface area (Å²) < 4.78 is 1.84. The van der Waals surface area contributed by atoms with Gasteiger partial charge in [0.25, 0.3) is 17.7 Å². The van der Waals surface area contributed by atoms with Crippen molar-refractivity contribution in [3.63, 3.8) is 0 Å². The van der Waals surface area contributed by atoms with Gasteiger partial charge in [0.1, 0.15) is 17.5 Å². The summed E-state index contributed by atoms with van der Waals surface area (Å²) in [6.45, 7) is 8.14. The number of piperidine rings is 2. The first kappa shape index (κ1) is 36.6. The molecule has 16 heteroatoms. The number of rotatable bonds is 9. The maximum atomic E-state index is 13.6. The molecule has 0 aliphatic carbocycles. The van der Waals surface area contributed by atoms with Crippen LogP contribution in [0, 0.1) is 17.2 Å². The van der Waals surface area contributed by atoms with Gasteiger partial charge in [-0.05, 0) is 69.7 Å². The fraction of sp³-hybridized carbons (Fsp3) is 0.400. The van der Waals surface area contributed by atoms with E-state index in [-0.39, 0.29) is 36.5 Å². The summed E-state index contributed by atoms with van der Waals surface area (Å²) in [5.41, 5.74) is 3.56. The Hall–Kier alpha value is -6.34. The summed E-state index contributed by atoms with van der Waals surface area (Å²) in [7, 11) is 0. The predicted octanol–water partition coefficient (Wildman–Crippen LogP) is 3.68. The van der Waals surface area contributed by atoms with Gasteiger partial charge in [0.2, 0.25) is 5.91 Å². The number of hydrogen-bond acceptors (Lipinski definition) is 11. The summed E-state index contributed by atoms with van der Waals surface area (Å²) in [6.07, 6.45) is 8.52. The number of nitrogens with one attached hydrogen (secondary N) is 3. The lowest BCUT2D eigenvalue weighted by molar-refractivity contribution is -0.122. The average molecular weight is 758 g/mol. The van der Waals surface area contributed by atoms with E-state index in [0.717, 1.165) is 73.8 Å². The number of pyridine rings is 2. The van der Waals surface area contributed by atoms with Gasteiger partial charge in [0.15, 0.2) is 0 Å². The summed E-state index contributed by atoms with van der Waals surface area (Å²) in [6, 6.07) is 12.2. The van der Waals surface area contributed by atoms with Crippen molar-refractivity contribution in [3.8, 4) is 11.9 Å². The SMILES string of the molecule is CC(C)Nc1cc(-n2ccc3cc(C#N)cnc32)ncc1C(=O)NC1CCN(CC2CCN(c3cccc4c3C(=O)N(N3CCC(=O)NC3=O)C4=O)CC2)CC1. The summed E-state index contributed by atoms with van der Waals surface area (Å²) >= 11 is 0. The number of fused-ring (bicyclic) bond motifs is 2. The van der Waals surface area contributed by atoms with Crippen molar-refractivity contribution < 1.29 is 24.0 Å². The molecule has 0 spiro atoms. The highest BCUT2D eigenvalue weighted by molar-refractivity contribution is 6.24. The maximum absolute atomic E-state index is 13.6. The fourth-order valence-electron chi connectivity index (χ4n) is 8.19. The van der Waals surface area contributed by atoms with Crippen molar-refractivity contribution in [2.45, 2.75) is 58.0 Å². The highest BCUT2D eigenvalue weighted by Crippen LogP contribution is 2.35. The number of amides is 6. The summed E-state index contributed by atoms with van der Waals surface area (Å²) in [4.78, 5) is 78.4. The van der Waals surface area contributed by atoms with E-state index in [1.54, 1.807) is 24.4 Å². The molecule has 3 saturated heterocycles. The van der Waals surface area contributed by atoms with Crippen molar-refractivity contribution >= 4 is 52.1 Å². The van der Waals surface area contributed by atoms with Crippen LogP contribution in [0.4, 0.5) is 16.2 Å². The quantitative estimate of drug-likeness (QED) is 0.211. The molecule has 6 amide bonds. The Morgan fingerprint density at radius 1 is 0.964 bits per heavy atom. The number of nitriles is 1. The van der Waals surface area contributed by atoms with E-state index in [1.807, 2.05) is 42.8 Å². The number of carbonyl (C=O) groups is 5. The van der Waals surface area contributed by atoms with Gasteiger partial charge in [-0.2, -0.15) is 10.3 Å². The zero-order chi connectivity index (χ0) is 39.1. The molecule has 0 unspecified atom stereocenters. The number of nitrogens with zero attached hydrogens (tertiary/aromatic N) is 8. The minimum atomic E-state index is -0.779. The van der Waals surface area contributed by atoms with Crippen LogP contribution < -0.4 is 20.9 Å². The second-order valence-corrected chi connectivity index (χ2v) is 15.1. The molecule has 4 aliphatic heterocycles. The van der Waals surface area contributed by atoms with Crippen molar-refractivity contribution in [2.75, 3.05) is 49.5 Å². The molecule has 16 nitrogen and oxygen atoms in total. The molecule has 3 aromatic heterocycles. The van der Waals surface area contributed by atoms with E-state index in [2.05, 4.69) is 41.8 Å². The smallest absolute Gasteiger partial charge is 0.343 e. The van der Waals surface area contributed by atoms with Crippen molar-refractivity contribution in [1.29, 1.82) is 5.26 Å². The van der Waals surface area contributed by atoms with E-state index in [0.29, 0.717) is 45.4 Å². The molecule has 3 fully saturated rings. The maximum Gasteiger partial charge on any atom is 0.343 e. The van der Waals surface area contributed by atoms with Gasteiger partial charge < -0.3 is 20.4 Å². The zero-order valence-electron chi connectivity index (χ0n) is 31.3. The Kier molecular flexibility index (Phi) is 9.85. The molecule has 0 radical (unpaired) electrons. The Labute approximate surface area is 323 Å².